The molecule has 0 atom stereocenters. The largest absolute Gasteiger partial charge is 0.493 e. The first kappa shape index (κ1) is 23.1. The highest BCUT2D eigenvalue weighted by molar-refractivity contribution is 7.89. The van der Waals surface area contributed by atoms with E-state index < -0.39 is 15.9 Å². The van der Waals surface area contributed by atoms with Gasteiger partial charge >= 0.3 is 0 Å². The van der Waals surface area contributed by atoms with Crippen molar-refractivity contribution in [2.45, 2.75) is 18.2 Å². The second kappa shape index (κ2) is 9.80. The fourth-order valence-corrected chi connectivity index (χ4v) is 4.13. The lowest BCUT2D eigenvalue weighted by atomic mass is 10.1. The maximum Gasteiger partial charge on any atom is 0.276 e. The number of ether oxygens (including phenoxy) is 1. The van der Waals surface area contributed by atoms with Gasteiger partial charge < -0.3 is 14.5 Å². The van der Waals surface area contributed by atoms with Crippen molar-refractivity contribution in [1.29, 1.82) is 0 Å². The highest BCUT2D eigenvalue weighted by atomic mass is 32.2. The second-order valence-electron chi connectivity index (χ2n) is 7.37. The van der Waals surface area contributed by atoms with Crippen molar-refractivity contribution >= 4 is 32.6 Å². The van der Waals surface area contributed by atoms with Crippen molar-refractivity contribution in [2.24, 2.45) is 5.10 Å². The molecule has 0 unspecified atom stereocenters. The van der Waals surface area contributed by atoms with Crippen LogP contribution in [0.4, 0.5) is 5.69 Å². The minimum atomic E-state index is -3.98. The van der Waals surface area contributed by atoms with Crippen LogP contribution in [0.2, 0.25) is 0 Å². The number of amides is 1. The van der Waals surface area contributed by atoms with Crippen molar-refractivity contribution in [3.05, 3.63) is 95.5 Å². The average molecular weight is 478 g/mol. The Morgan fingerprint density at radius 2 is 1.74 bits per heavy atom. The number of hydrogen-bond donors (Lipinski definition) is 2. The van der Waals surface area contributed by atoms with E-state index in [1.54, 1.807) is 54.6 Å². The fraction of sp³-hybridized carbons (Fsp3) is 0.120. The molecular formula is C25H23N3O5S. The van der Waals surface area contributed by atoms with Crippen LogP contribution >= 0.6 is 0 Å². The summed E-state index contributed by atoms with van der Waals surface area (Å²) >= 11 is 0. The van der Waals surface area contributed by atoms with Gasteiger partial charge in [-0.15, -0.1) is 5.10 Å². The van der Waals surface area contributed by atoms with Crippen molar-refractivity contribution < 1.29 is 22.4 Å². The first-order valence-corrected chi connectivity index (χ1v) is 12.0. The van der Waals surface area contributed by atoms with Crippen LogP contribution in [0, 0.1) is 0 Å². The fourth-order valence-electron chi connectivity index (χ4n) is 3.31. The first-order valence-electron chi connectivity index (χ1n) is 10.5. The van der Waals surface area contributed by atoms with Gasteiger partial charge in [0.25, 0.3) is 15.9 Å². The van der Waals surface area contributed by atoms with Crippen molar-refractivity contribution in [2.75, 3.05) is 12.4 Å². The summed E-state index contributed by atoms with van der Waals surface area (Å²) < 4.78 is 36.5. The number of fused-ring (bicyclic) bond motifs is 1. The van der Waals surface area contributed by atoms with E-state index in [2.05, 4.69) is 15.2 Å². The molecule has 0 spiro atoms. The molecule has 8 nitrogen and oxygen atoms in total. The molecule has 4 aromatic rings. The van der Waals surface area contributed by atoms with Crippen molar-refractivity contribution in [1.82, 2.24) is 4.83 Å². The minimum Gasteiger partial charge on any atom is -0.493 e. The van der Waals surface area contributed by atoms with Gasteiger partial charge in [0.1, 0.15) is 5.56 Å². The number of nitrogens with one attached hydrogen (secondary N) is 2. The maximum atomic E-state index is 13.1. The molecule has 1 amide bonds. The van der Waals surface area contributed by atoms with Crippen LogP contribution in [0.1, 0.15) is 22.8 Å². The zero-order valence-electron chi connectivity index (χ0n) is 18.6. The van der Waals surface area contributed by atoms with Crippen LogP contribution in [-0.4, -0.2) is 21.4 Å². The van der Waals surface area contributed by atoms with Crippen LogP contribution in [0.3, 0.4) is 0 Å². The predicted octanol–water partition coefficient (Wildman–Crippen LogP) is 4.05. The quantitative estimate of drug-likeness (QED) is 0.390. The van der Waals surface area contributed by atoms with Gasteiger partial charge in [-0.05, 0) is 48.4 Å². The molecule has 1 aromatic heterocycles. The number of hydrogen-bond acceptors (Lipinski definition) is 6. The Kier molecular flexibility index (Phi) is 6.65. The molecular weight excluding hydrogens is 454 g/mol. The monoisotopic (exact) mass is 477 g/mol. The summed E-state index contributed by atoms with van der Waals surface area (Å²) in [5.41, 5.74) is 1.89. The van der Waals surface area contributed by atoms with Gasteiger partial charge in [-0.3, -0.25) is 4.79 Å². The summed E-state index contributed by atoms with van der Waals surface area (Å²) in [7, 11) is -2.49. The van der Waals surface area contributed by atoms with Crippen LogP contribution in [0.15, 0.2) is 93.3 Å². The first-order chi connectivity index (χ1) is 16.4. The molecule has 0 aliphatic heterocycles. The lowest BCUT2D eigenvalue weighted by Crippen LogP contribution is -2.27. The third-order valence-corrected chi connectivity index (χ3v) is 6.37. The van der Waals surface area contributed by atoms with Crippen LogP contribution in [0.5, 0.6) is 5.75 Å². The third kappa shape index (κ3) is 4.94. The molecule has 0 aliphatic rings. The van der Waals surface area contributed by atoms with Gasteiger partial charge in [0.05, 0.1) is 12.0 Å². The molecule has 1 heterocycles. The number of carbonyl (C=O) groups is 1. The van der Waals surface area contributed by atoms with E-state index in [1.807, 2.05) is 19.1 Å². The number of rotatable bonds is 7. The van der Waals surface area contributed by atoms with Crippen molar-refractivity contribution in [3.63, 3.8) is 0 Å². The molecule has 0 saturated carbocycles. The van der Waals surface area contributed by atoms with Gasteiger partial charge in [-0.2, -0.15) is 13.2 Å². The number of nitrogens with zero attached hydrogens (tertiary/aromatic N) is 1. The molecule has 0 fully saturated rings. The Bertz CT molecular complexity index is 1500. The van der Waals surface area contributed by atoms with E-state index in [4.69, 9.17) is 9.15 Å². The maximum absolute atomic E-state index is 13.1. The number of sulfonamides is 1. The van der Waals surface area contributed by atoms with E-state index in [0.29, 0.717) is 22.4 Å². The van der Waals surface area contributed by atoms with E-state index in [9.17, 15) is 13.2 Å². The molecule has 3 aromatic carbocycles. The van der Waals surface area contributed by atoms with Gasteiger partial charge in [-0.1, -0.05) is 49.4 Å². The molecule has 0 bridgehead atoms. The normalized spacial score (nSPS) is 11.9. The Labute approximate surface area is 196 Å². The topological polar surface area (TPSA) is 110 Å². The molecule has 0 radical (unpaired) electrons. The predicted molar refractivity (Wildman–Crippen MR) is 129 cm³/mol. The smallest absolute Gasteiger partial charge is 0.276 e. The Balaban J connectivity index is 1.78. The Hall–Kier alpha value is -4.11. The molecule has 2 N–H and O–H groups in total. The van der Waals surface area contributed by atoms with Gasteiger partial charge in [-0.25, -0.2) is 0 Å². The number of methoxy groups -OCH3 is 1. The molecule has 9 heteroatoms. The minimum absolute atomic E-state index is 0.0270. The van der Waals surface area contributed by atoms with E-state index >= 15 is 0 Å². The molecule has 0 saturated heterocycles. The summed E-state index contributed by atoms with van der Waals surface area (Å²) in [6.45, 7) is 2.04. The number of para-hydroxylation sites is 1. The highest BCUT2D eigenvalue weighted by Gasteiger charge is 2.17. The summed E-state index contributed by atoms with van der Waals surface area (Å²) in [6, 6.07) is 22.0. The van der Waals surface area contributed by atoms with Gasteiger partial charge in [0.15, 0.2) is 11.3 Å². The molecule has 34 heavy (non-hydrogen) atoms. The standard InChI is InChI=1S/C25H23N3O5S/c1-3-17-12-14-19(15-13-17)26-24(29)21-16-18-8-7-11-22(32-2)23(18)33-25(21)27-28-34(30,31)20-9-5-4-6-10-20/h4-16,28H,3H2,1-2H3,(H,26,29)/b27-25-. The second-order valence-corrected chi connectivity index (χ2v) is 9.03. The lowest BCUT2D eigenvalue weighted by Gasteiger charge is -2.09. The number of carbonyl (C=O) groups excluding carboxylic acids is 1. The van der Waals surface area contributed by atoms with Crippen LogP contribution in [-0.2, 0) is 16.4 Å². The summed E-state index contributed by atoms with van der Waals surface area (Å²) in [4.78, 5) is 15.3. The molecule has 4 rings (SSSR count). The molecule has 0 aliphatic carbocycles. The Morgan fingerprint density at radius 3 is 2.41 bits per heavy atom. The zero-order valence-corrected chi connectivity index (χ0v) is 19.4. The van der Waals surface area contributed by atoms with Crippen LogP contribution < -0.4 is 20.4 Å². The lowest BCUT2D eigenvalue weighted by molar-refractivity contribution is 0.102. The number of benzene rings is 3. The summed E-state index contributed by atoms with van der Waals surface area (Å²) in [5.74, 6) is -0.0858. The van der Waals surface area contributed by atoms with Gasteiger partial charge in [0, 0.05) is 11.1 Å². The number of aryl methyl sites for hydroxylation is 1. The third-order valence-electron chi connectivity index (χ3n) is 5.14. The van der Waals surface area contributed by atoms with Crippen LogP contribution in [0.25, 0.3) is 11.0 Å². The van der Waals surface area contributed by atoms with E-state index in [1.165, 1.54) is 19.2 Å². The highest BCUT2D eigenvalue weighted by Crippen LogP contribution is 2.25. The average Bonchev–Trinajstić information content (AvgIpc) is 2.87. The zero-order chi connectivity index (χ0) is 24.1. The molecule has 174 valence electrons. The van der Waals surface area contributed by atoms with E-state index in [-0.39, 0.29) is 16.0 Å². The SMILES string of the molecule is CCc1ccc(NC(=O)c2cc3cccc(OC)c3o/c2=N\NS(=O)(=O)c2ccccc2)cc1. The Morgan fingerprint density at radius 1 is 1.00 bits per heavy atom. The van der Waals surface area contributed by atoms with Gasteiger partial charge in [0.2, 0.25) is 5.55 Å². The van der Waals surface area contributed by atoms with Crippen molar-refractivity contribution in [3.8, 4) is 5.75 Å². The van der Waals surface area contributed by atoms with E-state index in [0.717, 1.165) is 12.0 Å². The number of anilines is 1. The summed E-state index contributed by atoms with van der Waals surface area (Å²) in [6.07, 6.45) is 0.879. The summed E-state index contributed by atoms with van der Waals surface area (Å²) in [5, 5.41) is 7.35.